The largest absolute Gasteiger partial charge is 0.384 e. The number of benzene rings is 1. The predicted molar refractivity (Wildman–Crippen MR) is 75.2 cm³/mol. The summed E-state index contributed by atoms with van der Waals surface area (Å²) in [5, 5.41) is 3.79. The van der Waals surface area contributed by atoms with Crippen molar-refractivity contribution in [3.63, 3.8) is 0 Å². The van der Waals surface area contributed by atoms with Gasteiger partial charge < -0.3 is 11.1 Å². The van der Waals surface area contributed by atoms with Crippen LogP contribution in [0.2, 0.25) is 5.02 Å². The molecule has 0 fully saturated rings. The number of aromatic nitrogens is 2. The summed E-state index contributed by atoms with van der Waals surface area (Å²) in [6.07, 6.45) is 1.79. The van der Waals surface area contributed by atoms with Crippen LogP contribution in [-0.2, 0) is 6.42 Å². The van der Waals surface area contributed by atoms with Gasteiger partial charge >= 0.3 is 0 Å². The van der Waals surface area contributed by atoms with Crippen LogP contribution in [0.3, 0.4) is 0 Å². The molecule has 3 N–H and O–H groups in total. The van der Waals surface area contributed by atoms with Crippen LogP contribution in [0.15, 0.2) is 30.3 Å². The Morgan fingerprint density at radius 3 is 2.78 bits per heavy atom. The highest BCUT2D eigenvalue weighted by Gasteiger charge is 2.04. The molecular formula is C13H15ClN4. The lowest BCUT2D eigenvalue weighted by Gasteiger charge is -2.09. The summed E-state index contributed by atoms with van der Waals surface area (Å²) in [6, 6.07) is 9.19. The molecule has 4 nitrogen and oxygen atoms in total. The Balaban J connectivity index is 2.26. The second-order valence-corrected chi connectivity index (χ2v) is 4.36. The van der Waals surface area contributed by atoms with Gasteiger partial charge in [0.15, 0.2) is 0 Å². The van der Waals surface area contributed by atoms with E-state index in [4.69, 9.17) is 17.3 Å². The maximum absolute atomic E-state index is 6.08. The van der Waals surface area contributed by atoms with Crippen molar-refractivity contribution in [1.82, 2.24) is 9.97 Å². The number of hydrogen-bond donors (Lipinski definition) is 2. The quantitative estimate of drug-likeness (QED) is 0.886. The zero-order valence-corrected chi connectivity index (χ0v) is 10.9. The lowest BCUT2D eigenvalue weighted by atomic mass is 10.3. The van der Waals surface area contributed by atoms with Crippen molar-refractivity contribution in [2.75, 3.05) is 11.1 Å². The minimum Gasteiger partial charge on any atom is -0.384 e. The molecule has 2 aromatic rings. The third-order valence-electron chi connectivity index (χ3n) is 2.40. The molecule has 18 heavy (non-hydrogen) atoms. The minimum absolute atomic E-state index is 0.461. The number of para-hydroxylation sites is 1. The SMILES string of the molecule is CCCc1nc(N)cc(Nc2ccccc2Cl)n1. The zero-order chi connectivity index (χ0) is 13.0. The maximum atomic E-state index is 6.08. The Kier molecular flexibility index (Phi) is 3.99. The van der Waals surface area contributed by atoms with Gasteiger partial charge in [-0.15, -0.1) is 0 Å². The Morgan fingerprint density at radius 1 is 1.28 bits per heavy atom. The van der Waals surface area contributed by atoms with Crippen LogP contribution >= 0.6 is 11.6 Å². The Hall–Kier alpha value is -1.81. The molecule has 1 heterocycles. The average Bonchev–Trinajstić information content (AvgIpc) is 2.32. The van der Waals surface area contributed by atoms with Crippen molar-refractivity contribution in [2.45, 2.75) is 19.8 Å². The van der Waals surface area contributed by atoms with Gasteiger partial charge in [-0.05, 0) is 18.6 Å². The van der Waals surface area contributed by atoms with Crippen LogP contribution in [-0.4, -0.2) is 9.97 Å². The molecule has 0 unspecified atom stereocenters. The first kappa shape index (κ1) is 12.6. The van der Waals surface area contributed by atoms with Gasteiger partial charge in [-0.1, -0.05) is 30.7 Å². The summed E-state index contributed by atoms with van der Waals surface area (Å²) in [5.41, 5.74) is 6.56. The summed E-state index contributed by atoms with van der Waals surface area (Å²) in [4.78, 5) is 8.58. The van der Waals surface area contributed by atoms with Crippen LogP contribution in [0.1, 0.15) is 19.2 Å². The van der Waals surface area contributed by atoms with Gasteiger partial charge in [-0.3, -0.25) is 0 Å². The average molecular weight is 263 g/mol. The van der Waals surface area contributed by atoms with E-state index in [-0.39, 0.29) is 0 Å². The number of hydrogen-bond acceptors (Lipinski definition) is 4. The predicted octanol–water partition coefficient (Wildman–Crippen LogP) is 3.41. The smallest absolute Gasteiger partial charge is 0.136 e. The Bertz CT molecular complexity index is 542. The molecule has 94 valence electrons. The fraction of sp³-hybridized carbons (Fsp3) is 0.231. The van der Waals surface area contributed by atoms with E-state index in [1.165, 1.54) is 0 Å². The van der Waals surface area contributed by atoms with Crippen LogP contribution in [0.4, 0.5) is 17.3 Å². The van der Waals surface area contributed by atoms with Gasteiger partial charge in [0.1, 0.15) is 17.5 Å². The van der Waals surface area contributed by atoms with E-state index in [2.05, 4.69) is 22.2 Å². The van der Waals surface area contributed by atoms with E-state index < -0.39 is 0 Å². The molecule has 0 atom stereocenters. The molecule has 0 aliphatic heterocycles. The second kappa shape index (κ2) is 5.69. The number of anilines is 3. The van der Waals surface area contributed by atoms with E-state index in [0.29, 0.717) is 16.7 Å². The van der Waals surface area contributed by atoms with Crippen LogP contribution in [0.25, 0.3) is 0 Å². The first-order chi connectivity index (χ1) is 8.69. The first-order valence-corrected chi connectivity index (χ1v) is 6.22. The monoisotopic (exact) mass is 262 g/mol. The third kappa shape index (κ3) is 3.11. The van der Waals surface area contributed by atoms with E-state index in [1.54, 1.807) is 6.07 Å². The van der Waals surface area contributed by atoms with Crippen molar-refractivity contribution in [3.8, 4) is 0 Å². The number of nitrogens with zero attached hydrogens (tertiary/aromatic N) is 2. The lowest BCUT2D eigenvalue weighted by molar-refractivity contribution is 0.839. The highest BCUT2D eigenvalue weighted by Crippen LogP contribution is 2.24. The molecule has 0 bridgehead atoms. The lowest BCUT2D eigenvalue weighted by Crippen LogP contribution is -2.03. The van der Waals surface area contributed by atoms with E-state index >= 15 is 0 Å². The van der Waals surface area contributed by atoms with Gasteiger partial charge in [0.2, 0.25) is 0 Å². The molecule has 1 aromatic heterocycles. The number of nitrogens with one attached hydrogen (secondary N) is 1. The number of rotatable bonds is 4. The molecule has 1 aromatic carbocycles. The van der Waals surface area contributed by atoms with E-state index in [0.717, 1.165) is 24.4 Å². The number of halogens is 1. The first-order valence-electron chi connectivity index (χ1n) is 5.84. The van der Waals surface area contributed by atoms with Gasteiger partial charge in [0, 0.05) is 12.5 Å². The zero-order valence-electron chi connectivity index (χ0n) is 10.2. The molecule has 0 saturated carbocycles. The summed E-state index contributed by atoms with van der Waals surface area (Å²) in [5.74, 6) is 1.87. The van der Waals surface area contributed by atoms with E-state index in [1.807, 2.05) is 24.3 Å². The summed E-state index contributed by atoms with van der Waals surface area (Å²) in [7, 11) is 0. The minimum atomic E-state index is 0.461. The molecule has 0 amide bonds. The standard InChI is InChI=1S/C13H15ClN4/c1-2-5-12-17-11(15)8-13(18-12)16-10-7-4-3-6-9(10)14/h3-4,6-8H,2,5H2,1H3,(H3,15,16,17,18). The normalized spacial score (nSPS) is 10.3. The van der Waals surface area contributed by atoms with Crippen molar-refractivity contribution in [2.24, 2.45) is 0 Å². The highest BCUT2D eigenvalue weighted by atomic mass is 35.5. The van der Waals surface area contributed by atoms with Crippen molar-refractivity contribution < 1.29 is 0 Å². The fourth-order valence-electron chi connectivity index (χ4n) is 1.62. The molecule has 0 spiro atoms. The third-order valence-corrected chi connectivity index (χ3v) is 2.73. The van der Waals surface area contributed by atoms with Crippen molar-refractivity contribution >= 4 is 28.9 Å². The molecule has 2 rings (SSSR count). The Morgan fingerprint density at radius 2 is 2.06 bits per heavy atom. The number of nitrogen functional groups attached to an aromatic ring is 1. The summed E-state index contributed by atoms with van der Waals surface area (Å²) >= 11 is 6.08. The van der Waals surface area contributed by atoms with Gasteiger partial charge in [0.05, 0.1) is 10.7 Å². The molecule has 0 aliphatic carbocycles. The molecular weight excluding hydrogens is 248 g/mol. The molecule has 5 heteroatoms. The fourth-order valence-corrected chi connectivity index (χ4v) is 1.80. The van der Waals surface area contributed by atoms with Gasteiger partial charge in [-0.2, -0.15) is 0 Å². The highest BCUT2D eigenvalue weighted by molar-refractivity contribution is 6.33. The molecule has 0 aliphatic rings. The summed E-state index contributed by atoms with van der Waals surface area (Å²) in [6.45, 7) is 2.08. The molecule has 0 saturated heterocycles. The number of aryl methyl sites for hydroxylation is 1. The van der Waals surface area contributed by atoms with Crippen molar-refractivity contribution in [3.05, 3.63) is 41.2 Å². The molecule has 0 radical (unpaired) electrons. The second-order valence-electron chi connectivity index (χ2n) is 3.95. The number of nitrogens with two attached hydrogens (primary N) is 1. The van der Waals surface area contributed by atoms with Crippen molar-refractivity contribution in [1.29, 1.82) is 0 Å². The van der Waals surface area contributed by atoms with Gasteiger partial charge in [0.25, 0.3) is 0 Å². The maximum Gasteiger partial charge on any atom is 0.136 e. The van der Waals surface area contributed by atoms with Gasteiger partial charge in [-0.25, -0.2) is 9.97 Å². The summed E-state index contributed by atoms with van der Waals surface area (Å²) < 4.78 is 0. The topological polar surface area (TPSA) is 63.8 Å². The van der Waals surface area contributed by atoms with Crippen LogP contribution in [0, 0.1) is 0 Å². The van der Waals surface area contributed by atoms with Crippen LogP contribution < -0.4 is 11.1 Å². The van der Waals surface area contributed by atoms with E-state index in [9.17, 15) is 0 Å². The van der Waals surface area contributed by atoms with Crippen LogP contribution in [0.5, 0.6) is 0 Å². The Labute approximate surface area is 111 Å².